The lowest BCUT2D eigenvalue weighted by Crippen LogP contribution is -2.46. The van der Waals surface area contributed by atoms with Crippen LogP contribution in [0.5, 0.6) is 11.5 Å². The fourth-order valence-corrected chi connectivity index (χ4v) is 5.99. The second-order valence-corrected chi connectivity index (χ2v) is 11.8. The summed E-state index contributed by atoms with van der Waals surface area (Å²) in [5.74, 6) is 1.39. The van der Waals surface area contributed by atoms with Gasteiger partial charge in [-0.05, 0) is 56.2 Å². The van der Waals surface area contributed by atoms with Crippen molar-refractivity contribution in [3.8, 4) is 22.6 Å². The van der Waals surface area contributed by atoms with E-state index in [0.717, 1.165) is 30.9 Å². The molecule has 5 rings (SSSR count). The van der Waals surface area contributed by atoms with Gasteiger partial charge in [-0.1, -0.05) is 36.9 Å². The van der Waals surface area contributed by atoms with Crippen molar-refractivity contribution < 1.29 is 14.2 Å². The van der Waals surface area contributed by atoms with E-state index in [1.807, 2.05) is 24.3 Å². The van der Waals surface area contributed by atoms with Crippen LogP contribution in [0.15, 0.2) is 78.4 Å². The second kappa shape index (κ2) is 14.8. The number of halogens is 1. The summed E-state index contributed by atoms with van der Waals surface area (Å²) in [6, 6.07) is 13.2. The Morgan fingerprint density at radius 3 is 2.50 bits per heavy atom. The van der Waals surface area contributed by atoms with Crippen LogP contribution in [0.25, 0.3) is 22.2 Å². The maximum atomic E-state index is 14.3. The fourth-order valence-electron chi connectivity index (χ4n) is 5.70. The van der Waals surface area contributed by atoms with Gasteiger partial charge < -0.3 is 24.8 Å². The number of nitrogens with one attached hydrogen (secondary N) is 2. The fraction of sp³-hybridized carbons (Fsp3) is 0.343. The Kier molecular flexibility index (Phi) is 10.6. The molecule has 1 aliphatic rings. The van der Waals surface area contributed by atoms with Gasteiger partial charge in [0.1, 0.15) is 17.1 Å². The number of pyridine rings is 1. The number of methoxy groups -OCH3 is 2. The number of hydrogen-bond acceptors (Lipinski definition) is 9. The van der Waals surface area contributed by atoms with E-state index >= 15 is 0 Å². The molecule has 0 amide bonds. The molecule has 2 atom stereocenters. The Morgan fingerprint density at radius 2 is 1.83 bits per heavy atom. The van der Waals surface area contributed by atoms with Crippen LogP contribution in [0.1, 0.15) is 19.4 Å². The molecule has 1 aliphatic heterocycles. The SMILES string of the molecule is C=CC(=C)Nc1ccc(CCn2c(=O)c(-c3cc(OC)cc(OC)c3Cl)cc3cnc(NCCN4C[C@@H](C)O[C@@H](C)C4)nc32)cc1. The number of aryl methyl sites for hydroxylation is 2. The van der Waals surface area contributed by atoms with Gasteiger partial charge in [-0.3, -0.25) is 14.3 Å². The van der Waals surface area contributed by atoms with E-state index in [9.17, 15) is 4.79 Å². The first-order valence-electron chi connectivity index (χ1n) is 15.3. The highest BCUT2D eigenvalue weighted by atomic mass is 35.5. The standard InChI is InChI=1S/C35H41ClN6O4/c1-7-22(2)39-27-10-8-25(9-11-27)12-14-42-33-26(16-30(34(42)43)29-17-28(44-5)18-31(45-6)32(29)36)19-38-35(40-33)37-13-15-41-20-23(3)46-24(4)21-41/h7-11,16-19,23-24,39H,1-2,12-15,20-21H2,3-6H3,(H,37,38,40)/t23-,24+. The average Bonchev–Trinajstić information content (AvgIpc) is 3.04. The molecule has 0 aliphatic carbocycles. The third kappa shape index (κ3) is 7.70. The van der Waals surface area contributed by atoms with Crippen LogP contribution >= 0.6 is 11.6 Å². The third-order valence-corrected chi connectivity index (χ3v) is 8.31. The lowest BCUT2D eigenvalue weighted by atomic mass is 10.0. The summed E-state index contributed by atoms with van der Waals surface area (Å²) in [7, 11) is 3.08. The first kappa shape index (κ1) is 33.0. The number of aromatic nitrogens is 3. The number of rotatable bonds is 13. The van der Waals surface area contributed by atoms with Crippen molar-refractivity contribution in [2.24, 2.45) is 0 Å². The largest absolute Gasteiger partial charge is 0.497 e. The molecule has 11 heteroatoms. The van der Waals surface area contributed by atoms with Gasteiger partial charge in [0.25, 0.3) is 5.56 Å². The lowest BCUT2D eigenvalue weighted by Gasteiger charge is -2.35. The number of fused-ring (bicyclic) bond motifs is 1. The highest BCUT2D eigenvalue weighted by Crippen LogP contribution is 2.38. The topological polar surface area (TPSA) is 103 Å². The van der Waals surface area contributed by atoms with E-state index in [2.05, 4.69) is 47.5 Å². The molecule has 10 nitrogen and oxygen atoms in total. The van der Waals surface area contributed by atoms with Gasteiger partial charge in [0, 0.05) is 72.9 Å². The van der Waals surface area contributed by atoms with Gasteiger partial charge in [0.05, 0.1) is 31.5 Å². The Balaban J connectivity index is 1.48. The Bertz CT molecular complexity index is 1760. The quantitative estimate of drug-likeness (QED) is 0.170. The first-order valence-corrected chi connectivity index (χ1v) is 15.7. The molecule has 4 aromatic rings. The molecule has 0 spiro atoms. The number of ether oxygens (including phenoxy) is 3. The zero-order valence-electron chi connectivity index (χ0n) is 26.8. The molecule has 0 unspecified atom stereocenters. The third-order valence-electron chi connectivity index (χ3n) is 7.92. The van der Waals surface area contributed by atoms with E-state index in [1.165, 1.54) is 7.11 Å². The van der Waals surface area contributed by atoms with Crippen molar-refractivity contribution in [3.05, 3.63) is 94.5 Å². The maximum Gasteiger partial charge on any atom is 0.260 e. The number of anilines is 2. The van der Waals surface area contributed by atoms with Crippen LogP contribution in [0.3, 0.4) is 0 Å². The second-order valence-electron chi connectivity index (χ2n) is 11.4. The highest BCUT2D eigenvalue weighted by Gasteiger charge is 2.22. The van der Waals surface area contributed by atoms with Gasteiger partial charge >= 0.3 is 0 Å². The zero-order chi connectivity index (χ0) is 32.8. The number of allylic oxidation sites excluding steroid dienone is 1. The molecule has 2 aromatic carbocycles. The van der Waals surface area contributed by atoms with Crippen LogP contribution in [0, 0.1) is 0 Å². The van der Waals surface area contributed by atoms with E-state index in [1.54, 1.807) is 42.1 Å². The molecular weight excluding hydrogens is 604 g/mol. The van der Waals surface area contributed by atoms with Crippen LogP contribution in [-0.4, -0.2) is 72.0 Å². The summed E-state index contributed by atoms with van der Waals surface area (Å²) in [4.78, 5) is 26.0. The van der Waals surface area contributed by atoms with Crippen LogP contribution in [-0.2, 0) is 17.7 Å². The minimum absolute atomic E-state index is 0.196. The average molecular weight is 645 g/mol. The highest BCUT2D eigenvalue weighted by molar-refractivity contribution is 6.35. The Labute approximate surface area is 274 Å². The normalized spacial score (nSPS) is 16.6. The van der Waals surface area contributed by atoms with Crippen molar-refractivity contribution in [2.45, 2.75) is 39.0 Å². The van der Waals surface area contributed by atoms with Crippen LogP contribution < -0.4 is 25.7 Å². The maximum absolute atomic E-state index is 14.3. The Hall–Kier alpha value is -4.38. The molecule has 2 aromatic heterocycles. The van der Waals surface area contributed by atoms with Crippen molar-refractivity contribution in [1.29, 1.82) is 0 Å². The molecular formula is C35H41ClN6O4. The van der Waals surface area contributed by atoms with Crippen molar-refractivity contribution in [2.75, 3.05) is 51.0 Å². The summed E-state index contributed by atoms with van der Waals surface area (Å²) >= 11 is 6.75. The number of nitrogens with zero attached hydrogens (tertiary/aromatic N) is 4. The molecule has 3 heterocycles. The number of benzene rings is 2. The molecule has 0 bridgehead atoms. The summed E-state index contributed by atoms with van der Waals surface area (Å²) in [6.07, 6.45) is 4.39. The van der Waals surface area contributed by atoms with Gasteiger partial charge in [0.2, 0.25) is 5.95 Å². The van der Waals surface area contributed by atoms with E-state index < -0.39 is 0 Å². The summed E-state index contributed by atoms with van der Waals surface area (Å²) in [5.41, 5.74) is 3.89. The van der Waals surface area contributed by atoms with Crippen LogP contribution in [0.2, 0.25) is 5.02 Å². The zero-order valence-corrected chi connectivity index (χ0v) is 27.6. The van der Waals surface area contributed by atoms with Crippen molar-refractivity contribution in [3.63, 3.8) is 0 Å². The predicted octanol–water partition coefficient (Wildman–Crippen LogP) is 6.00. The van der Waals surface area contributed by atoms with Gasteiger partial charge in [0.15, 0.2) is 0 Å². The Morgan fingerprint density at radius 1 is 1.09 bits per heavy atom. The minimum atomic E-state index is -0.230. The summed E-state index contributed by atoms with van der Waals surface area (Å²) < 4.78 is 18.5. The molecule has 242 valence electrons. The smallest absolute Gasteiger partial charge is 0.260 e. The van der Waals surface area contributed by atoms with Crippen molar-refractivity contribution >= 4 is 34.3 Å². The lowest BCUT2D eigenvalue weighted by molar-refractivity contribution is -0.0667. The molecule has 1 fully saturated rings. The van der Waals surface area contributed by atoms with E-state index in [-0.39, 0.29) is 17.8 Å². The predicted molar refractivity (Wildman–Crippen MR) is 185 cm³/mol. The van der Waals surface area contributed by atoms with E-state index in [4.69, 9.17) is 30.8 Å². The van der Waals surface area contributed by atoms with Gasteiger partial charge in [-0.15, -0.1) is 0 Å². The molecule has 0 radical (unpaired) electrons. The number of morpholine rings is 1. The minimum Gasteiger partial charge on any atom is -0.497 e. The molecule has 46 heavy (non-hydrogen) atoms. The molecule has 0 saturated carbocycles. The number of hydrogen-bond donors (Lipinski definition) is 2. The monoisotopic (exact) mass is 644 g/mol. The molecule has 1 saturated heterocycles. The summed E-state index contributed by atoms with van der Waals surface area (Å²) in [5, 5.41) is 7.57. The van der Waals surface area contributed by atoms with Crippen LogP contribution in [0.4, 0.5) is 11.6 Å². The summed E-state index contributed by atoms with van der Waals surface area (Å²) in [6.45, 7) is 15.5. The van der Waals surface area contributed by atoms with E-state index in [0.29, 0.717) is 69.8 Å². The first-order chi connectivity index (χ1) is 22.2. The van der Waals surface area contributed by atoms with Gasteiger partial charge in [-0.2, -0.15) is 4.98 Å². The molecule has 2 N–H and O–H groups in total. The van der Waals surface area contributed by atoms with Gasteiger partial charge in [-0.25, -0.2) is 4.98 Å². The van der Waals surface area contributed by atoms with Crippen molar-refractivity contribution in [1.82, 2.24) is 19.4 Å².